The number of para-hydroxylation sites is 1. The summed E-state index contributed by atoms with van der Waals surface area (Å²) in [5.74, 6) is -1.41. The number of benzene rings is 3. The van der Waals surface area contributed by atoms with Crippen molar-refractivity contribution in [3.8, 4) is 0 Å². The van der Waals surface area contributed by atoms with Gasteiger partial charge in [0.05, 0.1) is 23.6 Å². The molecule has 8 heteroatoms. The van der Waals surface area contributed by atoms with Crippen molar-refractivity contribution in [1.82, 2.24) is 0 Å². The largest absolute Gasteiger partial charge is 0.449 e. The number of nitro groups is 1. The van der Waals surface area contributed by atoms with Crippen LogP contribution in [0.25, 0.3) is 0 Å². The van der Waals surface area contributed by atoms with Crippen molar-refractivity contribution in [3.05, 3.63) is 111 Å². The third-order valence-electron chi connectivity index (χ3n) is 6.19. The fraction of sp³-hybridized carbons (Fsp3) is 0.231. The zero-order valence-corrected chi connectivity index (χ0v) is 19.3. The maximum Gasteiger partial charge on any atom is 0.421 e. The van der Waals surface area contributed by atoms with Crippen LogP contribution in [-0.4, -0.2) is 30.1 Å². The van der Waals surface area contributed by atoms with Crippen molar-refractivity contribution in [3.63, 3.8) is 0 Å². The molecule has 2 amide bonds. The topological polar surface area (TPSA) is 89.8 Å². The summed E-state index contributed by atoms with van der Waals surface area (Å²) < 4.78 is 5.19. The van der Waals surface area contributed by atoms with E-state index in [-0.39, 0.29) is 13.0 Å². The van der Waals surface area contributed by atoms with Gasteiger partial charge in [-0.15, -0.1) is 0 Å². The van der Waals surface area contributed by atoms with Crippen molar-refractivity contribution >= 4 is 29.3 Å². The smallest absolute Gasteiger partial charge is 0.421 e. The molecule has 1 heterocycles. The second kappa shape index (κ2) is 9.65. The van der Waals surface area contributed by atoms with E-state index >= 15 is 0 Å². The zero-order chi connectivity index (χ0) is 24.3. The van der Waals surface area contributed by atoms with Crippen LogP contribution in [0.1, 0.15) is 29.5 Å². The van der Waals surface area contributed by atoms with Gasteiger partial charge in [-0.25, -0.2) is 9.69 Å². The number of amides is 2. The molecule has 2 atom stereocenters. The number of hydrogen-bond donors (Lipinski definition) is 0. The Hall–Kier alpha value is -3.71. The quantitative estimate of drug-likeness (QED) is 0.335. The first-order valence-corrected chi connectivity index (χ1v) is 11.3. The molecule has 0 saturated carbocycles. The molecule has 0 fully saturated rings. The molecule has 0 bridgehead atoms. The number of hydrogen-bond acceptors (Lipinski definition) is 5. The Balaban J connectivity index is 1.99. The van der Waals surface area contributed by atoms with Crippen molar-refractivity contribution in [1.29, 1.82) is 0 Å². The highest BCUT2D eigenvalue weighted by molar-refractivity contribution is 6.30. The molecule has 0 aliphatic carbocycles. The second-order valence-electron chi connectivity index (χ2n) is 8.11. The van der Waals surface area contributed by atoms with Crippen LogP contribution in [0.4, 0.5) is 10.5 Å². The van der Waals surface area contributed by atoms with Gasteiger partial charge in [-0.3, -0.25) is 14.9 Å². The highest BCUT2D eigenvalue weighted by atomic mass is 35.5. The molecule has 4 rings (SSSR count). The molecule has 174 valence electrons. The van der Waals surface area contributed by atoms with E-state index in [1.165, 1.54) is 0 Å². The fourth-order valence-corrected chi connectivity index (χ4v) is 4.90. The number of imide groups is 1. The average Bonchev–Trinajstić information content (AvgIpc) is 3.07. The summed E-state index contributed by atoms with van der Waals surface area (Å²) in [4.78, 5) is 39.7. The Morgan fingerprint density at radius 3 is 2.35 bits per heavy atom. The Morgan fingerprint density at radius 1 is 1.06 bits per heavy atom. The second-order valence-corrected chi connectivity index (χ2v) is 8.55. The van der Waals surface area contributed by atoms with E-state index < -0.39 is 34.8 Å². The van der Waals surface area contributed by atoms with Crippen molar-refractivity contribution in [2.45, 2.75) is 24.7 Å². The number of anilines is 1. The normalized spacial score (nSPS) is 17.8. The number of carbonyl (C=O) groups excluding carboxylic acids is 2. The summed E-state index contributed by atoms with van der Waals surface area (Å²) in [7, 11) is 0. The van der Waals surface area contributed by atoms with Crippen LogP contribution < -0.4 is 4.90 Å². The molecule has 3 aromatic rings. The van der Waals surface area contributed by atoms with Gasteiger partial charge >= 0.3 is 6.09 Å². The maximum atomic E-state index is 14.2. The number of ether oxygens (including phenoxy) is 1. The third-order valence-corrected chi connectivity index (χ3v) is 6.44. The van der Waals surface area contributed by atoms with Gasteiger partial charge in [0.25, 0.3) is 0 Å². The van der Waals surface area contributed by atoms with Gasteiger partial charge in [0.1, 0.15) is 0 Å². The molecule has 0 N–H and O–H groups in total. The molecular formula is C26H23ClN2O5. The Kier molecular flexibility index (Phi) is 6.65. The minimum absolute atomic E-state index is 0.0893. The van der Waals surface area contributed by atoms with Crippen molar-refractivity contribution in [2.75, 3.05) is 18.1 Å². The van der Waals surface area contributed by atoms with Gasteiger partial charge in [0.2, 0.25) is 12.5 Å². The summed E-state index contributed by atoms with van der Waals surface area (Å²) >= 11 is 6.09. The number of nitrogens with zero attached hydrogens (tertiary/aromatic N) is 2. The summed E-state index contributed by atoms with van der Waals surface area (Å²) in [6, 6.07) is 22.9. The van der Waals surface area contributed by atoms with E-state index in [0.717, 1.165) is 10.5 Å². The lowest BCUT2D eigenvalue weighted by Gasteiger charge is -2.35. The third kappa shape index (κ3) is 4.15. The van der Waals surface area contributed by atoms with Crippen LogP contribution in [0.15, 0.2) is 78.9 Å². The highest BCUT2D eigenvalue weighted by Gasteiger charge is 2.59. The van der Waals surface area contributed by atoms with E-state index in [4.69, 9.17) is 16.3 Å². The lowest BCUT2D eigenvalue weighted by molar-refractivity contribution is -0.485. The lowest BCUT2D eigenvalue weighted by Crippen LogP contribution is -2.50. The molecule has 7 nitrogen and oxygen atoms in total. The summed E-state index contributed by atoms with van der Waals surface area (Å²) in [5, 5.41) is 12.4. The van der Waals surface area contributed by atoms with Crippen LogP contribution in [0, 0.1) is 10.1 Å². The zero-order valence-electron chi connectivity index (χ0n) is 18.5. The number of fused-ring (bicyclic) bond motifs is 1. The summed E-state index contributed by atoms with van der Waals surface area (Å²) in [6.45, 7) is 1.24. The van der Waals surface area contributed by atoms with Crippen LogP contribution >= 0.6 is 11.6 Å². The van der Waals surface area contributed by atoms with Crippen LogP contribution in [0.5, 0.6) is 0 Å². The molecule has 0 unspecified atom stereocenters. The van der Waals surface area contributed by atoms with E-state index in [9.17, 15) is 19.7 Å². The van der Waals surface area contributed by atoms with Crippen molar-refractivity contribution in [2.24, 2.45) is 0 Å². The number of rotatable bonds is 7. The highest BCUT2D eigenvalue weighted by Crippen LogP contribution is 2.52. The Morgan fingerprint density at radius 2 is 1.71 bits per heavy atom. The maximum absolute atomic E-state index is 14.2. The van der Waals surface area contributed by atoms with Crippen LogP contribution in [0.2, 0.25) is 5.02 Å². The molecule has 0 radical (unpaired) electrons. The van der Waals surface area contributed by atoms with Gasteiger partial charge < -0.3 is 4.74 Å². The minimum atomic E-state index is -1.41. The predicted molar refractivity (Wildman–Crippen MR) is 129 cm³/mol. The molecule has 1 aliphatic heterocycles. The van der Waals surface area contributed by atoms with E-state index in [0.29, 0.717) is 21.8 Å². The van der Waals surface area contributed by atoms with E-state index in [2.05, 4.69) is 0 Å². The molecule has 3 aromatic carbocycles. The first-order chi connectivity index (χ1) is 16.4. The summed E-state index contributed by atoms with van der Waals surface area (Å²) in [5.41, 5.74) is 0.929. The summed E-state index contributed by atoms with van der Waals surface area (Å²) in [6.07, 6.45) is -0.633. The number of carbonyl (C=O) groups is 2. The molecule has 0 saturated heterocycles. The van der Waals surface area contributed by atoms with Crippen LogP contribution in [-0.2, 0) is 21.4 Å². The van der Waals surface area contributed by atoms with E-state index in [1.807, 2.05) is 30.3 Å². The lowest BCUT2D eigenvalue weighted by atomic mass is 9.65. The minimum Gasteiger partial charge on any atom is -0.449 e. The predicted octanol–water partition coefficient (Wildman–Crippen LogP) is 5.38. The number of halogens is 1. The van der Waals surface area contributed by atoms with Gasteiger partial charge in [-0.2, -0.15) is 0 Å². The molecule has 0 spiro atoms. The molecular weight excluding hydrogens is 456 g/mol. The molecule has 1 aliphatic rings. The van der Waals surface area contributed by atoms with Crippen molar-refractivity contribution < 1.29 is 19.2 Å². The molecule has 0 aromatic heterocycles. The van der Waals surface area contributed by atoms with Gasteiger partial charge in [0, 0.05) is 9.95 Å². The first kappa shape index (κ1) is 23.4. The van der Waals surface area contributed by atoms with Gasteiger partial charge in [-0.1, -0.05) is 72.3 Å². The average molecular weight is 479 g/mol. The Labute approximate surface area is 202 Å². The van der Waals surface area contributed by atoms with Gasteiger partial charge in [0.15, 0.2) is 0 Å². The van der Waals surface area contributed by atoms with Crippen LogP contribution in [0.3, 0.4) is 0 Å². The Bertz CT molecular complexity index is 1220. The monoisotopic (exact) mass is 478 g/mol. The molecule has 34 heavy (non-hydrogen) atoms. The van der Waals surface area contributed by atoms with Gasteiger partial charge in [-0.05, 0) is 48.2 Å². The standard InChI is InChI=1S/C26H23ClN2O5/c1-2-34-25(31)29-23-11-7-6-10-21(23)26(24(29)30,16-18-8-4-3-5-9-18)22(17-28(32)33)19-12-14-20(27)15-13-19/h3-15,22H,2,16-17H2,1H3/t22-,26-/m1/s1. The van der Waals surface area contributed by atoms with E-state index in [1.54, 1.807) is 55.5 Å². The first-order valence-electron chi connectivity index (χ1n) is 10.9. The SMILES string of the molecule is CCOC(=O)N1C(=O)[C@@](Cc2ccccc2)([C@H](C[N+](=O)[O-])c2ccc(Cl)cc2)c2ccccc21. The fourth-order valence-electron chi connectivity index (χ4n) is 4.78.